The first-order valence-electron chi connectivity index (χ1n) is 6.10. The second-order valence-corrected chi connectivity index (χ2v) is 4.73. The molecule has 0 radical (unpaired) electrons. The number of hydrogen-bond donors (Lipinski definition) is 1. The third kappa shape index (κ3) is 4.38. The Labute approximate surface area is 113 Å². The number of hydrogen-bond acceptors (Lipinski definition) is 2. The van der Waals surface area contributed by atoms with Gasteiger partial charge in [0.05, 0.1) is 5.56 Å². The molecular weight excluding hydrogens is 245 g/mol. The first-order chi connectivity index (χ1) is 8.95. The van der Waals surface area contributed by atoms with E-state index in [0.29, 0.717) is 18.0 Å². The van der Waals surface area contributed by atoms with Gasteiger partial charge in [0, 0.05) is 19.2 Å². The predicted octanol–water partition coefficient (Wildman–Crippen LogP) is 1.90. The largest absolute Gasteiger partial charge is 0.384 e. The molecule has 102 valence electrons. The highest BCUT2D eigenvalue weighted by molar-refractivity contribution is 5.94. The molecule has 0 atom stereocenters. The van der Waals surface area contributed by atoms with Gasteiger partial charge in [-0.05, 0) is 24.1 Å². The minimum Gasteiger partial charge on any atom is -0.384 e. The van der Waals surface area contributed by atoms with Crippen LogP contribution in [0.25, 0.3) is 0 Å². The molecule has 0 unspecified atom stereocenters. The molecule has 0 aliphatic heterocycles. The van der Waals surface area contributed by atoms with E-state index in [2.05, 4.69) is 11.8 Å². The molecule has 0 heterocycles. The van der Waals surface area contributed by atoms with Crippen LogP contribution in [0, 0.1) is 23.6 Å². The molecule has 0 saturated heterocycles. The topological polar surface area (TPSA) is 40.5 Å². The van der Waals surface area contributed by atoms with E-state index in [1.54, 1.807) is 18.0 Å². The van der Waals surface area contributed by atoms with Gasteiger partial charge in [-0.1, -0.05) is 25.7 Å². The Hall–Kier alpha value is -1.86. The number of aliphatic hydroxyl groups excluding tert-OH is 1. The van der Waals surface area contributed by atoms with Gasteiger partial charge in [-0.25, -0.2) is 4.39 Å². The van der Waals surface area contributed by atoms with E-state index in [-0.39, 0.29) is 18.1 Å². The summed E-state index contributed by atoms with van der Waals surface area (Å²) in [7, 11) is 1.69. The second kappa shape index (κ2) is 6.91. The quantitative estimate of drug-likeness (QED) is 0.846. The molecule has 0 aromatic heterocycles. The predicted molar refractivity (Wildman–Crippen MR) is 72.2 cm³/mol. The molecule has 0 fully saturated rings. The normalized spacial score (nSPS) is 10.0. The molecule has 0 aliphatic carbocycles. The maximum atomic E-state index is 13.7. The fraction of sp³-hybridized carbons (Fsp3) is 0.400. The molecule has 1 aromatic rings. The lowest BCUT2D eigenvalue weighted by molar-refractivity contribution is 0.0778. The zero-order valence-electron chi connectivity index (χ0n) is 11.4. The van der Waals surface area contributed by atoms with Crippen molar-refractivity contribution in [3.63, 3.8) is 0 Å². The lowest BCUT2D eigenvalue weighted by Crippen LogP contribution is -2.30. The van der Waals surface area contributed by atoms with Gasteiger partial charge in [-0.2, -0.15) is 0 Å². The summed E-state index contributed by atoms with van der Waals surface area (Å²) in [5, 5.41) is 8.56. The van der Waals surface area contributed by atoms with Crippen LogP contribution in [0.1, 0.15) is 29.8 Å². The molecule has 1 aromatic carbocycles. The monoisotopic (exact) mass is 263 g/mol. The van der Waals surface area contributed by atoms with Crippen LogP contribution in [-0.4, -0.2) is 36.1 Å². The van der Waals surface area contributed by atoms with Crippen LogP contribution in [0.4, 0.5) is 4.39 Å². The molecule has 1 amide bonds. The summed E-state index contributed by atoms with van der Waals surface area (Å²) in [4.78, 5) is 13.6. The summed E-state index contributed by atoms with van der Waals surface area (Å²) in [5.41, 5.74) is 0.479. The van der Waals surface area contributed by atoms with Crippen LogP contribution in [-0.2, 0) is 0 Å². The molecule has 3 nitrogen and oxygen atoms in total. The second-order valence-electron chi connectivity index (χ2n) is 4.73. The molecular formula is C15H18FNO2. The summed E-state index contributed by atoms with van der Waals surface area (Å²) in [6.07, 6.45) is 0. The molecule has 19 heavy (non-hydrogen) atoms. The summed E-state index contributed by atoms with van der Waals surface area (Å²) >= 11 is 0. The minimum atomic E-state index is -0.551. The Morgan fingerprint density at radius 2 is 2.16 bits per heavy atom. The number of aliphatic hydroxyl groups is 1. The first kappa shape index (κ1) is 15.2. The number of benzene rings is 1. The van der Waals surface area contributed by atoms with Gasteiger partial charge < -0.3 is 10.0 Å². The van der Waals surface area contributed by atoms with E-state index in [0.717, 1.165) is 0 Å². The van der Waals surface area contributed by atoms with Crippen LogP contribution in [0.15, 0.2) is 18.2 Å². The van der Waals surface area contributed by atoms with Crippen molar-refractivity contribution in [2.45, 2.75) is 13.8 Å². The average Bonchev–Trinajstić information content (AvgIpc) is 2.35. The fourth-order valence-corrected chi connectivity index (χ4v) is 1.74. The molecule has 0 saturated carbocycles. The summed E-state index contributed by atoms with van der Waals surface area (Å²) in [6.45, 7) is 4.32. The molecule has 0 aliphatic rings. The number of carbonyl (C=O) groups is 1. The average molecular weight is 263 g/mol. The number of nitrogens with zero attached hydrogens (tertiary/aromatic N) is 1. The Balaban J connectivity index is 2.91. The van der Waals surface area contributed by atoms with Gasteiger partial charge in [0.15, 0.2) is 0 Å². The Morgan fingerprint density at radius 1 is 1.47 bits per heavy atom. The van der Waals surface area contributed by atoms with Crippen LogP contribution >= 0.6 is 0 Å². The smallest absolute Gasteiger partial charge is 0.253 e. The first-order valence-corrected chi connectivity index (χ1v) is 6.10. The van der Waals surface area contributed by atoms with Crippen LogP contribution in [0.2, 0.25) is 0 Å². The SMILES string of the molecule is CC(C)CN(C)C(=O)c1ccc(C#CCO)c(F)c1. The van der Waals surface area contributed by atoms with Crippen molar-refractivity contribution in [2.75, 3.05) is 20.2 Å². The summed E-state index contributed by atoms with van der Waals surface area (Å²) in [5.74, 6) is 4.45. The van der Waals surface area contributed by atoms with E-state index in [1.807, 2.05) is 13.8 Å². The van der Waals surface area contributed by atoms with E-state index in [4.69, 9.17) is 5.11 Å². The van der Waals surface area contributed by atoms with Crippen LogP contribution < -0.4 is 0 Å². The Kier molecular flexibility index (Phi) is 5.53. The standard InChI is InChI=1S/C15H18FNO2/c1-11(2)10-17(3)15(19)13-7-6-12(5-4-8-18)14(16)9-13/h6-7,9,11,18H,8,10H2,1-3H3. The number of carbonyl (C=O) groups excluding carboxylic acids is 1. The minimum absolute atomic E-state index is 0.178. The fourth-order valence-electron chi connectivity index (χ4n) is 1.74. The maximum Gasteiger partial charge on any atom is 0.253 e. The molecule has 0 spiro atoms. The van der Waals surface area contributed by atoms with Gasteiger partial charge in [0.25, 0.3) is 5.91 Å². The van der Waals surface area contributed by atoms with Gasteiger partial charge in [0.2, 0.25) is 0 Å². The molecule has 0 bridgehead atoms. The van der Waals surface area contributed by atoms with Crippen molar-refractivity contribution in [1.29, 1.82) is 0 Å². The Bertz CT molecular complexity index is 515. The highest BCUT2D eigenvalue weighted by atomic mass is 19.1. The maximum absolute atomic E-state index is 13.7. The van der Waals surface area contributed by atoms with Crippen LogP contribution in [0.3, 0.4) is 0 Å². The molecule has 4 heteroatoms. The van der Waals surface area contributed by atoms with Gasteiger partial charge >= 0.3 is 0 Å². The summed E-state index contributed by atoms with van der Waals surface area (Å²) in [6, 6.07) is 4.18. The molecule has 1 rings (SSSR count). The van der Waals surface area contributed by atoms with E-state index < -0.39 is 5.82 Å². The highest BCUT2D eigenvalue weighted by Gasteiger charge is 2.14. The number of amides is 1. The van der Waals surface area contributed by atoms with E-state index in [1.165, 1.54) is 12.1 Å². The Morgan fingerprint density at radius 3 is 2.68 bits per heavy atom. The van der Waals surface area contributed by atoms with Gasteiger partial charge in [0.1, 0.15) is 12.4 Å². The molecule has 1 N–H and O–H groups in total. The zero-order valence-corrected chi connectivity index (χ0v) is 11.4. The van der Waals surface area contributed by atoms with Crippen molar-refractivity contribution < 1.29 is 14.3 Å². The third-order valence-corrected chi connectivity index (χ3v) is 2.50. The lowest BCUT2D eigenvalue weighted by Gasteiger charge is -2.19. The van der Waals surface area contributed by atoms with Crippen LogP contribution in [0.5, 0.6) is 0 Å². The van der Waals surface area contributed by atoms with Crippen molar-refractivity contribution in [3.8, 4) is 11.8 Å². The number of halogens is 1. The van der Waals surface area contributed by atoms with Crippen molar-refractivity contribution in [3.05, 3.63) is 35.1 Å². The van der Waals surface area contributed by atoms with Crippen molar-refractivity contribution in [2.24, 2.45) is 5.92 Å². The lowest BCUT2D eigenvalue weighted by atomic mass is 10.1. The zero-order chi connectivity index (χ0) is 14.4. The number of rotatable bonds is 3. The van der Waals surface area contributed by atoms with E-state index in [9.17, 15) is 9.18 Å². The van der Waals surface area contributed by atoms with Crippen molar-refractivity contribution in [1.82, 2.24) is 4.90 Å². The van der Waals surface area contributed by atoms with Gasteiger partial charge in [-0.15, -0.1) is 0 Å². The van der Waals surface area contributed by atoms with E-state index >= 15 is 0 Å². The summed E-state index contributed by atoms with van der Waals surface area (Å²) < 4.78 is 13.7. The highest BCUT2D eigenvalue weighted by Crippen LogP contribution is 2.12. The van der Waals surface area contributed by atoms with Crippen molar-refractivity contribution >= 4 is 5.91 Å². The van der Waals surface area contributed by atoms with Gasteiger partial charge in [-0.3, -0.25) is 4.79 Å². The third-order valence-electron chi connectivity index (χ3n) is 2.50.